The van der Waals surface area contributed by atoms with Crippen molar-refractivity contribution in [1.82, 2.24) is 5.32 Å². The van der Waals surface area contributed by atoms with Gasteiger partial charge in [0, 0.05) is 0 Å². The molecule has 0 saturated carbocycles. The van der Waals surface area contributed by atoms with Gasteiger partial charge in [0.1, 0.15) is 0 Å². The molecule has 2 aliphatic heterocycles. The van der Waals surface area contributed by atoms with Crippen molar-refractivity contribution in [2.24, 2.45) is 4.99 Å². The zero-order valence-electron chi connectivity index (χ0n) is 12.9. The van der Waals surface area contributed by atoms with Gasteiger partial charge in [0.2, 0.25) is 6.79 Å². The third-order valence-electron chi connectivity index (χ3n) is 3.58. The van der Waals surface area contributed by atoms with Gasteiger partial charge in [-0.05, 0) is 60.2 Å². The molecule has 2 aromatic rings. The lowest BCUT2D eigenvalue weighted by molar-refractivity contribution is -0.115. The number of carbonyl (C=O) groups is 1. The van der Waals surface area contributed by atoms with Crippen molar-refractivity contribution in [3.8, 4) is 11.5 Å². The van der Waals surface area contributed by atoms with Crippen LogP contribution in [0.1, 0.15) is 11.1 Å². The summed E-state index contributed by atoms with van der Waals surface area (Å²) in [6.45, 7) is 2.24. The summed E-state index contributed by atoms with van der Waals surface area (Å²) >= 11 is 1.33. The van der Waals surface area contributed by atoms with Crippen molar-refractivity contribution in [3.05, 3.63) is 58.5 Å². The van der Waals surface area contributed by atoms with E-state index in [9.17, 15) is 4.79 Å². The minimum absolute atomic E-state index is 0.149. The van der Waals surface area contributed by atoms with Gasteiger partial charge in [-0.2, -0.15) is 0 Å². The molecule has 120 valence electrons. The zero-order chi connectivity index (χ0) is 16.5. The Morgan fingerprint density at radius 3 is 2.92 bits per heavy atom. The molecule has 0 bridgehead atoms. The Balaban J connectivity index is 1.58. The maximum atomic E-state index is 12.1. The van der Waals surface area contributed by atoms with Crippen molar-refractivity contribution in [2.45, 2.75) is 6.92 Å². The van der Waals surface area contributed by atoms with Gasteiger partial charge >= 0.3 is 0 Å². The number of benzene rings is 2. The maximum absolute atomic E-state index is 12.1. The molecular formula is C18H14N2O3S. The van der Waals surface area contributed by atoms with Crippen molar-refractivity contribution in [2.75, 3.05) is 6.79 Å². The predicted octanol–water partition coefficient (Wildman–Crippen LogP) is 3.62. The maximum Gasteiger partial charge on any atom is 0.264 e. The Morgan fingerprint density at radius 1 is 1.17 bits per heavy atom. The number of carbonyl (C=O) groups excluding carboxylic acids is 1. The third kappa shape index (κ3) is 3.00. The molecule has 1 saturated heterocycles. The number of ether oxygens (including phenoxy) is 2. The average molecular weight is 338 g/mol. The second-order valence-corrected chi connectivity index (χ2v) is 6.46. The number of thioether (sulfide) groups is 1. The van der Waals surface area contributed by atoms with Gasteiger partial charge in [-0.3, -0.25) is 4.79 Å². The van der Waals surface area contributed by atoms with Gasteiger partial charge < -0.3 is 14.8 Å². The van der Waals surface area contributed by atoms with Gasteiger partial charge in [0.15, 0.2) is 16.7 Å². The first kappa shape index (κ1) is 14.8. The van der Waals surface area contributed by atoms with Crippen LogP contribution in [0.3, 0.4) is 0 Å². The van der Waals surface area contributed by atoms with E-state index in [1.54, 1.807) is 0 Å². The summed E-state index contributed by atoms with van der Waals surface area (Å²) in [4.78, 5) is 17.2. The molecule has 0 atom stereocenters. The molecule has 6 heteroatoms. The molecule has 1 fully saturated rings. The molecule has 24 heavy (non-hydrogen) atoms. The van der Waals surface area contributed by atoms with Crippen molar-refractivity contribution < 1.29 is 14.3 Å². The Morgan fingerprint density at radius 2 is 2.04 bits per heavy atom. The molecule has 0 radical (unpaired) electrons. The largest absolute Gasteiger partial charge is 0.454 e. The summed E-state index contributed by atoms with van der Waals surface area (Å²) in [7, 11) is 0. The fraction of sp³-hybridized carbons (Fsp3) is 0.111. The summed E-state index contributed by atoms with van der Waals surface area (Å²) in [5, 5.41) is 3.38. The summed E-state index contributed by atoms with van der Waals surface area (Å²) in [6, 6.07) is 13.4. The lowest BCUT2D eigenvalue weighted by Gasteiger charge is -1.98. The normalized spacial score (nSPS) is 19.1. The van der Waals surface area contributed by atoms with Gasteiger partial charge in [-0.25, -0.2) is 4.99 Å². The molecular weight excluding hydrogens is 324 g/mol. The highest BCUT2D eigenvalue weighted by Crippen LogP contribution is 2.34. The van der Waals surface area contributed by atoms with Gasteiger partial charge in [0.05, 0.1) is 10.6 Å². The lowest BCUT2D eigenvalue weighted by atomic mass is 10.2. The van der Waals surface area contributed by atoms with Crippen LogP contribution in [0.5, 0.6) is 11.5 Å². The topological polar surface area (TPSA) is 59.9 Å². The zero-order valence-corrected chi connectivity index (χ0v) is 13.7. The van der Waals surface area contributed by atoms with Crippen LogP contribution in [0.25, 0.3) is 6.08 Å². The monoisotopic (exact) mass is 338 g/mol. The van der Waals surface area contributed by atoms with E-state index in [1.165, 1.54) is 11.8 Å². The SMILES string of the molecule is Cc1cccc(N=C2NC(=O)C(=Cc3ccc4c(c3)OCO4)S2)c1. The summed E-state index contributed by atoms with van der Waals surface area (Å²) in [5.74, 6) is 1.27. The molecule has 2 heterocycles. The number of hydrogen-bond acceptors (Lipinski definition) is 5. The van der Waals surface area contributed by atoms with Gasteiger partial charge in [-0.1, -0.05) is 18.2 Å². The van der Waals surface area contributed by atoms with Gasteiger partial charge in [-0.15, -0.1) is 0 Å². The third-order valence-corrected chi connectivity index (χ3v) is 4.49. The van der Waals surface area contributed by atoms with Gasteiger partial charge in [0.25, 0.3) is 5.91 Å². The first-order valence-electron chi connectivity index (χ1n) is 7.43. The highest BCUT2D eigenvalue weighted by Gasteiger charge is 2.24. The standard InChI is InChI=1S/C18H14N2O3S/c1-11-3-2-4-13(7-11)19-18-20-17(21)16(24-18)9-12-5-6-14-15(8-12)23-10-22-14/h2-9H,10H2,1H3,(H,19,20,21). The fourth-order valence-electron chi connectivity index (χ4n) is 2.45. The molecule has 0 aromatic heterocycles. The summed E-state index contributed by atoms with van der Waals surface area (Å²) in [6.07, 6.45) is 1.82. The summed E-state index contributed by atoms with van der Waals surface area (Å²) in [5.41, 5.74) is 2.83. The number of hydrogen-bond donors (Lipinski definition) is 1. The minimum atomic E-state index is -0.149. The second kappa shape index (κ2) is 6.05. The van der Waals surface area contributed by atoms with Crippen LogP contribution in [-0.4, -0.2) is 17.9 Å². The quantitative estimate of drug-likeness (QED) is 0.850. The molecule has 0 aliphatic carbocycles. The van der Waals surface area contributed by atoms with E-state index in [4.69, 9.17) is 9.47 Å². The molecule has 2 aliphatic rings. The average Bonchev–Trinajstić information content (AvgIpc) is 3.14. The Kier molecular flexibility index (Phi) is 3.74. The molecule has 2 aromatic carbocycles. The second-order valence-electron chi connectivity index (χ2n) is 5.43. The van der Waals surface area contributed by atoms with E-state index in [1.807, 2.05) is 55.5 Å². The first-order valence-corrected chi connectivity index (χ1v) is 8.25. The molecule has 5 nitrogen and oxygen atoms in total. The van der Waals surface area contributed by atoms with Crippen LogP contribution in [0.2, 0.25) is 0 Å². The predicted molar refractivity (Wildman–Crippen MR) is 94.5 cm³/mol. The molecule has 1 amide bonds. The van der Waals surface area contributed by atoms with Crippen LogP contribution in [-0.2, 0) is 4.79 Å². The number of amidine groups is 1. The van der Waals surface area contributed by atoms with Crippen LogP contribution in [0, 0.1) is 6.92 Å². The number of fused-ring (bicyclic) bond motifs is 1. The van der Waals surface area contributed by atoms with E-state index >= 15 is 0 Å². The van der Waals surface area contributed by atoms with E-state index in [-0.39, 0.29) is 12.7 Å². The van der Waals surface area contributed by atoms with Crippen LogP contribution in [0.15, 0.2) is 52.4 Å². The molecule has 0 spiro atoms. The van der Waals surface area contributed by atoms with Crippen LogP contribution < -0.4 is 14.8 Å². The Hall–Kier alpha value is -2.73. The van der Waals surface area contributed by atoms with E-state index in [0.717, 1.165) is 22.6 Å². The number of nitrogens with one attached hydrogen (secondary N) is 1. The highest BCUT2D eigenvalue weighted by atomic mass is 32.2. The smallest absolute Gasteiger partial charge is 0.264 e. The molecule has 4 rings (SSSR count). The first-order chi connectivity index (χ1) is 11.7. The summed E-state index contributed by atoms with van der Waals surface area (Å²) < 4.78 is 10.7. The van der Waals surface area contributed by atoms with Crippen LogP contribution >= 0.6 is 11.8 Å². The fourth-order valence-corrected chi connectivity index (χ4v) is 3.29. The highest BCUT2D eigenvalue weighted by molar-refractivity contribution is 8.18. The lowest BCUT2D eigenvalue weighted by Crippen LogP contribution is -2.19. The number of amides is 1. The number of rotatable bonds is 2. The van der Waals surface area contributed by atoms with E-state index < -0.39 is 0 Å². The van der Waals surface area contributed by atoms with E-state index in [0.29, 0.717) is 15.8 Å². The molecule has 1 N–H and O–H groups in total. The van der Waals surface area contributed by atoms with E-state index in [2.05, 4.69) is 10.3 Å². The van der Waals surface area contributed by atoms with Crippen LogP contribution in [0.4, 0.5) is 5.69 Å². The Labute approximate surface area is 143 Å². The number of aliphatic imine (C=N–C) groups is 1. The van der Waals surface area contributed by atoms with Crippen molar-refractivity contribution >= 4 is 34.6 Å². The van der Waals surface area contributed by atoms with Crippen molar-refractivity contribution in [1.29, 1.82) is 0 Å². The number of nitrogens with zero attached hydrogens (tertiary/aromatic N) is 1. The minimum Gasteiger partial charge on any atom is -0.454 e. The molecule has 0 unspecified atom stereocenters. The Bertz CT molecular complexity index is 890. The van der Waals surface area contributed by atoms with Crippen molar-refractivity contribution in [3.63, 3.8) is 0 Å². The number of aryl methyl sites for hydroxylation is 1.